The van der Waals surface area contributed by atoms with Gasteiger partial charge in [0.05, 0.1) is 6.10 Å². The van der Waals surface area contributed by atoms with Gasteiger partial charge < -0.3 is 19.9 Å². The first-order chi connectivity index (χ1) is 13.0. The maximum atomic E-state index is 12.1. The molecule has 0 saturated carbocycles. The van der Waals surface area contributed by atoms with Crippen molar-refractivity contribution < 1.29 is 14.3 Å². The zero-order valence-electron chi connectivity index (χ0n) is 16.2. The number of aromatic amines is 1. The molecule has 2 aromatic rings. The Morgan fingerprint density at radius 1 is 1.37 bits per heavy atom. The van der Waals surface area contributed by atoms with Gasteiger partial charge in [-0.15, -0.1) is 0 Å². The average molecular weight is 371 g/mol. The lowest BCUT2D eigenvalue weighted by atomic mass is 10.1. The molecule has 146 valence electrons. The minimum absolute atomic E-state index is 0.0324. The van der Waals surface area contributed by atoms with Crippen molar-refractivity contribution >= 4 is 22.7 Å². The molecule has 0 bridgehead atoms. The Morgan fingerprint density at radius 2 is 2.19 bits per heavy atom. The van der Waals surface area contributed by atoms with Crippen molar-refractivity contribution in [1.29, 1.82) is 0 Å². The van der Waals surface area contributed by atoms with Crippen LogP contribution in [-0.2, 0) is 20.7 Å². The zero-order chi connectivity index (χ0) is 19.2. The van der Waals surface area contributed by atoms with Crippen molar-refractivity contribution in [2.24, 2.45) is 5.92 Å². The van der Waals surface area contributed by atoms with E-state index in [-0.39, 0.29) is 24.5 Å². The van der Waals surface area contributed by atoms with Gasteiger partial charge in [0.1, 0.15) is 6.61 Å². The van der Waals surface area contributed by atoms with Gasteiger partial charge in [-0.05, 0) is 30.4 Å². The fraction of sp³-hybridized carbons (Fsp3) is 0.524. The van der Waals surface area contributed by atoms with Gasteiger partial charge >= 0.3 is 0 Å². The van der Waals surface area contributed by atoms with Crippen molar-refractivity contribution in [3.8, 4) is 0 Å². The first kappa shape index (κ1) is 19.4. The molecule has 1 aromatic heterocycles. The van der Waals surface area contributed by atoms with E-state index in [1.54, 1.807) is 0 Å². The van der Waals surface area contributed by atoms with E-state index in [1.165, 1.54) is 10.9 Å². The van der Waals surface area contributed by atoms with Crippen LogP contribution in [-0.4, -0.2) is 54.0 Å². The number of nitrogens with one attached hydrogen (secondary N) is 2. The van der Waals surface area contributed by atoms with Gasteiger partial charge in [-0.3, -0.25) is 9.59 Å². The molecule has 27 heavy (non-hydrogen) atoms. The van der Waals surface area contributed by atoms with Gasteiger partial charge in [0, 0.05) is 43.2 Å². The summed E-state index contributed by atoms with van der Waals surface area (Å²) >= 11 is 0. The van der Waals surface area contributed by atoms with Crippen molar-refractivity contribution in [2.75, 3.05) is 26.2 Å². The van der Waals surface area contributed by atoms with Crippen LogP contribution in [0.4, 0.5) is 0 Å². The summed E-state index contributed by atoms with van der Waals surface area (Å²) in [4.78, 5) is 29.1. The number of aryl methyl sites for hydroxylation is 1. The van der Waals surface area contributed by atoms with Crippen LogP contribution in [0.2, 0.25) is 0 Å². The van der Waals surface area contributed by atoms with E-state index < -0.39 is 0 Å². The SMILES string of the molecule is CC(C)CN1CC(CNC(=O)CCCc2c[nH]c3ccccc23)OCC1=O. The van der Waals surface area contributed by atoms with Crippen LogP contribution < -0.4 is 5.32 Å². The summed E-state index contributed by atoms with van der Waals surface area (Å²) in [5.74, 6) is 0.488. The van der Waals surface area contributed by atoms with Gasteiger partial charge in [-0.2, -0.15) is 0 Å². The zero-order valence-corrected chi connectivity index (χ0v) is 16.2. The fourth-order valence-electron chi connectivity index (χ4n) is 3.52. The quantitative estimate of drug-likeness (QED) is 0.749. The monoisotopic (exact) mass is 371 g/mol. The summed E-state index contributed by atoms with van der Waals surface area (Å²) in [6, 6.07) is 8.21. The lowest BCUT2D eigenvalue weighted by Gasteiger charge is -2.33. The molecule has 6 nitrogen and oxygen atoms in total. The molecule has 1 aliphatic heterocycles. The molecule has 1 aromatic carbocycles. The maximum absolute atomic E-state index is 12.1. The number of morpholine rings is 1. The van der Waals surface area contributed by atoms with E-state index in [4.69, 9.17) is 4.74 Å². The molecule has 1 atom stereocenters. The summed E-state index contributed by atoms with van der Waals surface area (Å²) in [7, 11) is 0. The fourth-order valence-corrected chi connectivity index (χ4v) is 3.52. The number of H-pyrrole nitrogens is 1. The number of para-hydroxylation sites is 1. The molecule has 2 N–H and O–H groups in total. The van der Waals surface area contributed by atoms with E-state index in [2.05, 4.69) is 36.3 Å². The molecule has 2 heterocycles. The third kappa shape index (κ3) is 5.32. The largest absolute Gasteiger partial charge is 0.365 e. The molecule has 0 radical (unpaired) electrons. The van der Waals surface area contributed by atoms with E-state index in [0.29, 0.717) is 25.4 Å². The third-order valence-electron chi connectivity index (χ3n) is 4.86. The van der Waals surface area contributed by atoms with Crippen molar-refractivity contribution in [1.82, 2.24) is 15.2 Å². The Labute approximate surface area is 160 Å². The molecule has 1 fully saturated rings. The maximum Gasteiger partial charge on any atom is 0.248 e. The molecule has 2 amide bonds. The molecule has 0 spiro atoms. The van der Waals surface area contributed by atoms with E-state index >= 15 is 0 Å². The smallest absolute Gasteiger partial charge is 0.248 e. The Hall–Kier alpha value is -2.34. The minimum Gasteiger partial charge on any atom is -0.365 e. The van der Waals surface area contributed by atoms with Crippen LogP contribution in [0.25, 0.3) is 10.9 Å². The Bertz CT molecular complexity index is 784. The summed E-state index contributed by atoms with van der Waals surface area (Å²) in [5, 5.41) is 4.17. The molecular formula is C21H29N3O3. The normalized spacial score (nSPS) is 17.7. The molecule has 6 heteroatoms. The van der Waals surface area contributed by atoms with Gasteiger partial charge in [0.15, 0.2) is 0 Å². The standard InChI is InChI=1S/C21H29N3O3/c1-15(2)12-24-13-17(27-14-21(24)26)11-23-20(25)9-5-6-16-10-22-19-8-4-3-7-18(16)19/h3-4,7-8,10,15,17,22H,5-6,9,11-14H2,1-2H3,(H,23,25). The van der Waals surface area contributed by atoms with Crippen LogP contribution in [0.1, 0.15) is 32.3 Å². The second-order valence-electron chi connectivity index (χ2n) is 7.64. The van der Waals surface area contributed by atoms with E-state index in [1.807, 2.05) is 23.2 Å². The number of nitrogens with zero attached hydrogens (tertiary/aromatic N) is 1. The Kier molecular flexibility index (Phi) is 6.50. The lowest BCUT2D eigenvalue weighted by molar-refractivity contribution is -0.149. The molecule has 1 saturated heterocycles. The Morgan fingerprint density at radius 3 is 3.00 bits per heavy atom. The second-order valence-corrected chi connectivity index (χ2v) is 7.64. The molecule has 3 rings (SSSR count). The van der Waals surface area contributed by atoms with Gasteiger partial charge in [0.2, 0.25) is 11.8 Å². The lowest BCUT2D eigenvalue weighted by Crippen LogP contribution is -2.51. The number of carbonyl (C=O) groups excluding carboxylic acids is 2. The van der Waals surface area contributed by atoms with Crippen LogP contribution in [0.5, 0.6) is 0 Å². The van der Waals surface area contributed by atoms with Gasteiger partial charge in [-0.25, -0.2) is 0 Å². The molecule has 1 aliphatic rings. The van der Waals surface area contributed by atoms with Crippen molar-refractivity contribution in [2.45, 2.75) is 39.2 Å². The predicted octanol–water partition coefficient (Wildman–Crippen LogP) is 2.49. The summed E-state index contributed by atoms with van der Waals surface area (Å²) in [6.45, 7) is 6.02. The van der Waals surface area contributed by atoms with Crippen LogP contribution in [0.3, 0.4) is 0 Å². The highest BCUT2D eigenvalue weighted by Gasteiger charge is 2.26. The average Bonchev–Trinajstić information content (AvgIpc) is 3.05. The number of rotatable bonds is 8. The summed E-state index contributed by atoms with van der Waals surface area (Å²) in [6.07, 6.45) is 4.06. The first-order valence-electron chi connectivity index (χ1n) is 9.74. The summed E-state index contributed by atoms with van der Waals surface area (Å²) < 4.78 is 5.55. The van der Waals surface area contributed by atoms with E-state index in [9.17, 15) is 9.59 Å². The number of amides is 2. The van der Waals surface area contributed by atoms with E-state index in [0.717, 1.165) is 24.9 Å². The van der Waals surface area contributed by atoms with Gasteiger partial charge in [0.25, 0.3) is 0 Å². The number of benzene rings is 1. The highest BCUT2D eigenvalue weighted by molar-refractivity contribution is 5.83. The van der Waals surface area contributed by atoms with Crippen LogP contribution in [0.15, 0.2) is 30.5 Å². The molecule has 1 unspecified atom stereocenters. The van der Waals surface area contributed by atoms with Gasteiger partial charge in [-0.1, -0.05) is 32.0 Å². The number of ether oxygens (including phenoxy) is 1. The number of hydrogen-bond donors (Lipinski definition) is 2. The van der Waals surface area contributed by atoms with Crippen LogP contribution >= 0.6 is 0 Å². The first-order valence-corrected chi connectivity index (χ1v) is 9.74. The number of fused-ring (bicyclic) bond motifs is 1. The molecule has 0 aliphatic carbocycles. The number of aromatic nitrogens is 1. The third-order valence-corrected chi connectivity index (χ3v) is 4.86. The topological polar surface area (TPSA) is 74.4 Å². The summed E-state index contributed by atoms with van der Waals surface area (Å²) in [5.41, 5.74) is 2.38. The van der Waals surface area contributed by atoms with Crippen LogP contribution in [0, 0.1) is 5.92 Å². The Balaban J connectivity index is 1.39. The number of hydrogen-bond acceptors (Lipinski definition) is 3. The number of carbonyl (C=O) groups is 2. The van der Waals surface area contributed by atoms with Crippen molar-refractivity contribution in [3.63, 3.8) is 0 Å². The predicted molar refractivity (Wildman–Crippen MR) is 105 cm³/mol. The molecular weight excluding hydrogens is 342 g/mol. The minimum atomic E-state index is -0.126. The highest BCUT2D eigenvalue weighted by Crippen LogP contribution is 2.19. The van der Waals surface area contributed by atoms with Crippen molar-refractivity contribution in [3.05, 3.63) is 36.0 Å². The highest BCUT2D eigenvalue weighted by atomic mass is 16.5. The second kappa shape index (κ2) is 9.04.